The van der Waals surface area contributed by atoms with Gasteiger partial charge in [-0.1, -0.05) is 11.3 Å². The summed E-state index contributed by atoms with van der Waals surface area (Å²) in [6.07, 6.45) is 0.837. The van der Waals surface area contributed by atoms with E-state index < -0.39 is 12.4 Å². The van der Waals surface area contributed by atoms with E-state index in [1.165, 1.54) is 17.7 Å². The minimum absolute atomic E-state index is 0.114. The van der Waals surface area contributed by atoms with Gasteiger partial charge in [0.05, 0.1) is 23.1 Å². The minimum Gasteiger partial charge on any atom is -0.463 e. The highest BCUT2D eigenvalue weighted by atomic mass is 32.1. The Morgan fingerprint density at radius 3 is 2.75 bits per heavy atom. The summed E-state index contributed by atoms with van der Waals surface area (Å²) in [5, 5.41) is 7.86. The number of nitrogens with two attached hydrogens (primary N) is 1. The second kappa shape index (κ2) is 9.46. The highest BCUT2D eigenvalue weighted by molar-refractivity contribution is 7.16. The average Bonchev–Trinajstić information content (AvgIpc) is 3.15. The van der Waals surface area contributed by atoms with Crippen LogP contribution in [0.3, 0.4) is 0 Å². The summed E-state index contributed by atoms with van der Waals surface area (Å²) < 4.78 is 17.0. The monoisotopic (exact) mass is 414 g/mol. The van der Waals surface area contributed by atoms with Gasteiger partial charge >= 0.3 is 17.0 Å². The molecule has 154 valence electrons. The van der Waals surface area contributed by atoms with Gasteiger partial charge in [0.25, 0.3) is 0 Å². The number of hydrogen-bond donors (Lipinski definition) is 2. The maximum Gasteiger partial charge on any atom is 0.506 e. The van der Waals surface area contributed by atoms with Gasteiger partial charge in [-0.15, -0.1) is 0 Å². The summed E-state index contributed by atoms with van der Waals surface area (Å²) in [5.41, 5.74) is 6.06. The van der Waals surface area contributed by atoms with Crippen LogP contribution in [0.2, 0.25) is 0 Å². The summed E-state index contributed by atoms with van der Waals surface area (Å²) in [5.74, 6) is -0.232. The lowest BCUT2D eigenvalue weighted by Gasteiger charge is -2.14. The standard InChI is InChI=1S/C12H14N4O4S.C4H8O3/c1-6(17)19-5-7-2-3-9(20-7)16-10-8(21-12(16)18)4-14-11(13)15-10;1-3(2)7-4(5)6/h4,7,9H,2-3,5H2,1H3,(H2,13,14,15);3H,1-2H3,(H,5,6). The van der Waals surface area contributed by atoms with E-state index in [-0.39, 0.29) is 35.6 Å². The number of nitrogens with zero attached hydrogens (tertiary/aromatic N) is 3. The molecule has 0 spiro atoms. The molecule has 1 saturated heterocycles. The Hall–Kier alpha value is -2.73. The molecule has 1 aliphatic heterocycles. The van der Waals surface area contributed by atoms with Crippen LogP contribution in [0.4, 0.5) is 10.7 Å². The van der Waals surface area contributed by atoms with Crippen LogP contribution in [-0.4, -0.2) is 50.6 Å². The van der Waals surface area contributed by atoms with Crippen molar-refractivity contribution in [2.75, 3.05) is 12.3 Å². The molecule has 0 bridgehead atoms. The molecule has 3 rings (SSSR count). The van der Waals surface area contributed by atoms with Crippen molar-refractivity contribution in [2.45, 2.75) is 52.0 Å². The van der Waals surface area contributed by atoms with Crippen molar-refractivity contribution in [1.82, 2.24) is 14.5 Å². The SMILES string of the molecule is CC(=O)OCC1CCC(n2c(=O)sc3cnc(N)nc32)O1.CC(C)OC(=O)O. The molecule has 3 heterocycles. The summed E-state index contributed by atoms with van der Waals surface area (Å²) in [6, 6.07) is 0. The molecule has 2 aromatic heterocycles. The second-order valence-electron chi connectivity index (χ2n) is 6.18. The van der Waals surface area contributed by atoms with E-state index in [9.17, 15) is 14.4 Å². The zero-order valence-electron chi connectivity index (χ0n) is 15.7. The van der Waals surface area contributed by atoms with Crippen molar-refractivity contribution in [1.29, 1.82) is 0 Å². The smallest absolute Gasteiger partial charge is 0.463 e. The van der Waals surface area contributed by atoms with Gasteiger partial charge in [-0.25, -0.2) is 9.78 Å². The number of aromatic nitrogens is 3. The molecule has 28 heavy (non-hydrogen) atoms. The second-order valence-corrected chi connectivity index (χ2v) is 7.17. The number of rotatable bonds is 4. The van der Waals surface area contributed by atoms with E-state index in [0.717, 1.165) is 11.3 Å². The Bertz CT molecular complexity index is 895. The van der Waals surface area contributed by atoms with E-state index in [2.05, 4.69) is 14.7 Å². The first-order chi connectivity index (χ1) is 13.2. The zero-order chi connectivity index (χ0) is 20.8. The highest BCUT2D eigenvalue weighted by Crippen LogP contribution is 2.30. The molecule has 0 saturated carbocycles. The minimum atomic E-state index is -1.21. The fraction of sp³-hybridized carbons (Fsp3) is 0.562. The van der Waals surface area contributed by atoms with Gasteiger partial charge in [0, 0.05) is 6.92 Å². The number of anilines is 1. The van der Waals surface area contributed by atoms with Gasteiger partial charge in [0.1, 0.15) is 12.8 Å². The van der Waals surface area contributed by atoms with Gasteiger partial charge in [-0.2, -0.15) is 4.98 Å². The predicted molar refractivity (Wildman–Crippen MR) is 100 cm³/mol. The number of carbonyl (C=O) groups excluding carboxylic acids is 1. The third-order valence-electron chi connectivity index (χ3n) is 3.56. The first-order valence-corrected chi connectivity index (χ1v) is 9.31. The molecule has 2 aromatic rings. The van der Waals surface area contributed by atoms with E-state index in [4.69, 9.17) is 20.3 Å². The van der Waals surface area contributed by atoms with Crippen LogP contribution in [0.15, 0.2) is 11.0 Å². The molecule has 0 aliphatic carbocycles. The van der Waals surface area contributed by atoms with Crippen molar-refractivity contribution in [2.24, 2.45) is 0 Å². The van der Waals surface area contributed by atoms with Crippen molar-refractivity contribution in [3.8, 4) is 0 Å². The molecule has 0 amide bonds. The van der Waals surface area contributed by atoms with E-state index in [1.54, 1.807) is 13.8 Å². The van der Waals surface area contributed by atoms with E-state index >= 15 is 0 Å². The van der Waals surface area contributed by atoms with E-state index in [0.29, 0.717) is 23.2 Å². The summed E-state index contributed by atoms with van der Waals surface area (Å²) in [6.45, 7) is 4.87. The predicted octanol–water partition coefficient (Wildman–Crippen LogP) is 1.77. The fourth-order valence-electron chi connectivity index (χ4n) is 2.51. The van der Waals surface area contributed by atoms with Crippen LogP contribution in [0.5, 0.6) is 0 Å². The topological polar surface area (TPSA) is 156 Å². The number of esters is 1. The quantitative estimate of drug-likeness (QED) is 0.707. The number of carboxylic acid groups (broad SMARTS) is 1. The Morgan fingerprint density at radius 1 is 1.46 bits per heavy atom. The number of thiazole rings is 1. The molecule has 0 aromatic carbocycles. The number of ether oxygens (including phenoxy) is 3. The third-order valence-corrected chi connectivity index (χ3v) is 4.44. The molecule has 0 radical (unpaired) electrons. The van der Waals surface area contributed by atoms with Gasteiger partial charge < -0.3 is 25.1 Å². The number of hydrogen-bond acceptors (Lipinski definition) is 10. The summed E-state index contributed by atoms with van der Waals surface area (Å²) in [7, 11) is 0. The van der Waals surface area contributed by atoms with Crippen LogP contribution < -0.4 is 10.6 Å². The maximum atomic E-state index is 12.1. The van der Waals surface area contributed by atoms with Crippen LogP contribution in [0.25, 0.3) is 10.3 Å². The third kappa shape index (κ3) is 5.89. The zero-order valence-corrected chi connectivity index (χ0v) is 16.5. The van der Waals surface area contributed by atoms with Gasteiger partial charge in [0.2, 0.25) is 5.95 Å². The fourth-order valence-corrected chi connectivity index (χ4v) is 3.35. The number of fused-ring (bicyclic) bond motifs is 1. The number of nitrogen functional groups attached to an aromatic ring is 1. The molecular formula is C16H22N4O7S. The lowest BCUT2D eigenvalue weighted by atomic mass is 10.2. The highest BCUT2D eigenvalue weighted by Gasteiger charge is 2.30. The Morgan fingerprint density at radius 2 is 2.18 bits per heavy atom. The lowest BCUT2D eigenvalue weighted by Crippen LogP contribution is -2.22. The van der Waals surface area contributed by atoms with Gasteiger partial charge in [0.15, 0.2) is 5.65 Å². The molecule has 1 aliphatic rings. The van der Waals surface area contributed by atoms with Gasteiger partial charge in [-0.3, -0.25) is 14.2 Å². The Labute approximate surface area is 164 Å². The normalized spacial score (nSPS) is 18.6. The van der Waals surface area contributed by atoms with Crippen molar-refractivity contribution >= 4 is 39.8 Å². The summed E-state index contributed by atoms with van der Waals surface area (Å²) >= 11 is 1.06. The Kier molecular flexibility index (Phi) is 7.29. The molecule has 2 atom stereocenters. The van der Waals surface area contributed by atoms with Crippen molar-refractivity contribution in [3.05, 3.63) is 15.9 Å². The lowest BCUT2D eigenvalue weighted by molar-refractivity contribution is -0.145. The first-order valence-electron chi connectivity index (χ1n) is 8.49. The molecule has 12 heteroatoms. The number of carbonyl (C=O) groups is 2. The average molecular weight is 414 g/mol. The van der Waals surface area contributed by atoms with Crippen molar-refractivity contribution < 1.29 is 28.9 Å². The van der Waals surface area contributed by atoms with Gasteiger partial charge in [-0.05, 0) is 26.7 Å². The molecule has 2 unspecified atom stereocenters. The summed E-state index contributed by atoms with van der Waals surface area (Å²) in [4.78, 5) is 40.3. The van der Waals surface area contributed by atoms with E-state index in [1.807, 2.05) is 0 Å². The first kappa shape index (κ1) is 21.6. The maximum absolute atomic E-state index is 12.1. The molecule has 3 N–H and O–H groups in total. The molecular weight excluding hydrogens is 392 g/mol. The largest absolute Gasteiger partial charge is 0.506 e. The Balaban J connectivity index is 0.000000345. The van der Waals surface area contributed by atoms with Crippen LogP contribution in [-0.2, 0) is 19.0 Å². The molecule has 11 nitrogen and oxygen atoms in total. The van der Waals surface area contributed by atoms with Crippen LogP contribution >= 0.6 is 11.3 Å². The van der Waals surface area contributed by atoms with Crippen molar-refractivity contribution in [3.63, 3.8) is 0 Å². The van der Waals surface area contributed by atoms with Crippen LogP contribution in [0, 0.1) is 0 Å². The van der Waals surface area contributed by atoms with Crippen LogP contribution in [0.1, 0.15) is 39.8 Å². The molecule has 1 fully saturated rings.